The van der Waals surface area contributed by atoms with Crippen molar-refractivity contribution in [1.29, 1.82) is 0 Å². The minimum Gasteiger partial charge on any atom is -0.469 e. The second kappa shape index (κ2) is 10.2. The molecular formula is C29H33F3N2O4. The summed E-state index contributed by atoms with van der Waals surface area (Å²) in [5, 5.41) is 0. The molecule has 1 unspecified atom stereocenters. The highest BCUT2D eigenvalue weighted by molar-refractivity contribution is 6.47. The maximum Gasteiger partial charge on any atom is 0.416 e. The van der Waals surface area contributed by atoms with Crippen LogP contribution in [0.2, 0.25) is 0 Å². The van der Waals surface area contributed by atoms with E-state index < -0.39 is 35.2 Å². The number of Topliss-reactive ketones (excluding diaryl/α,β-unsaturated/α-hetero) is 1. The van der Waals surface area contributed by atoms with Crippen LogP contribution in [-0.2, 0) is 25.3 Å². The lowest BCUT2D eigenvalue weighted by Crippen LogP contribution is -2.52. The van der Waals surface area contributed by atoms with Crippen LogP contribution in [0.15, 0.2) is 53.1 Å². The quantitative estimate of drug-likeness (QED) is 0.470. The molecule has 1 aliphatic heterocycles. The van der Waals surface area contributed by atoms with Gasteiger partial charge in [0.25, 0.3) is 5.91 Å². The van der Waals surface area contributed by atoms with Crippen molar-refractivity contribution >= 4 is 23.4 Å². The molecule has 1 fully saturated rings. The number of hydrogen-bond acceptors (Lipinski definition) is 5. The van der Waals surface area contributed by atoms with Crippen LogP contribution in [0.5, 0.6) is 0 Å². The number of alkyl halides is 3. The summed E-state index contributed by atoms with van der Waals surface area (Å²) in [7, 11) is 1.30. The average Bonchev–Trinajstić information content (AvgIpc) is 3.13. The number of carbonyl (C=O) groups excluding carboxylic acids is 3. The summed E-state index contributed by atoms with van der Waals surface area (Å²) in [5.41, 5.74) is -1.35. The Bertz CT molecular complexity index is 1210. The number of allylic oxidation sites excluding steroid dienone is 2. The number of hydrogen-bond donors (Lipinski definition) is 0. The van der Waals surface area contributed by atoms with Gasteiger partial charge >= 0.3 is 12.1 Å². The first kappa shape index (κ1) is 27.8. The molecule has 4 rings (SSSR count). The number of methoxy groups -OCH3 is 1. The Hall–Kier alpha value is -3.23. The van der Waals surface area contributed by atoms with Gasteiger partial charge in [-0.1, -0.05) is 51.1 Å². The number of halogens is 3. The number of carbonyl (C=O) groups is 3. The standard InChI is InChI=1S/C29H33F3N2O4/c1-27(2,3)21-12-14-28(15-13-21)33-24(20-6-5-7-22(16-20)29(30,31)32)25(36)34(28)17-23(35)18-8-10-19(11-9-18)26(37)38-4/h5-10,16,19,21H,11-15,17H2,1-4H3. The van der Waals surface area contributed by atoms with Crippen LogP contribution in [0.4, 0.5) is 13.2 Å². The molecule has 2 aliphatic carbocycles. The van der Waals surface area contributed by atoms with E-state index in [1.54, 1.807) is 18.2 Å². The van der Waals surface area contributed by atoms with Gasteiger partial charge in [-0.05, 0) is 55.6 Å². The number of ether oxygens (including phenoxy) is 1. The van der Waals surface area contributed by atoms with Gasteiger partial charge in [-0.2, -0.15) is 13.2 Å². The fraction of sp³-hybridized carbons (Fsp3) is 0.517. The van der Waals surface area contributed by atoms with Crippen LogP contribution in [0, 0.1) is 17.3 Å². The largest absolute Gasteiger partial charge is 0.469 e. The van der Waals surface area contributed by atoms with Crippen LogP contribution in [0.3, 0.4) is 0 Å². The van der Waals surface area contributed by atoms with Crippen molar-refractivity contribution in [2.75, 3.05) is 13.7 Å². The van der Waals surface area contributed by atoms with E-state index in [1.807, 2.05) is 0 Å². The fourth-order valence-electron chi connectivity index (χ4n) is 5.60. The van der Waals surface area contributed by atoms with Gasteiger partial charge < -0.3 is 9.64 Å². The Morgan fingerprint density at radius 2 is 1.84 bits per heavy atom. The molecule has 0 radical (unpaired) electrons. The van der Waals surface area contributed by atoms with Crippen molar-refractivity contribution in [2.24, 2.45) is 22.2 Å². The van der Waals surface area contributed by atoms with Gasteiger partial charge in [-0.3, -0.25) is 19.4 Å². The lowest BCUT2D eigenvalue weighted by Gasteiger charge is -2.44. The molecule has 3 aliphatic rings. The maximum atomic E-state index is 13.7. The van der Waals surface area contributed by atoms with E-state index in [0.717, 1.165) is 25.0 Å². The van der Waals surface area contributed by atoms with Crippen LogP contribution in [-0.4, -0.2) is 47.6 Å². The predicted molar refractivity (Wildman–Crippen MR) is 136 cm³/mol. The predicted octanol–water partition coefficient (Wildman–Crippen LogP) is 5.51. The normalized spacial score (nSPS) is 25.9. The molecule has 1 atom stereocenters. The number of esters is 1. The van der Waals surface area contributed by atoms with Gasteiger partial charge in [0, 0.05) is 11.1 Å². The minimum absolute atomic E-state index is 0.0444. The van der Waals surface area contributed by atoms with E-state index in [2.05, 4.69) is 20.8 Å². The number of aliphatic imine (C=N–C) groups is 1. The molecule has 0 N–H and O–H groups in total. The Morgan fingerprint density at radius 3 is 2.39 bits per heavy atom. The highest BCUT2D eigenvalue weighted by Crippen LogP contribution is 2.46. The third-order valence-corrected chi connectivity index (χ3v) is 7.97. The number of nitrogens with zero attached hydrogens (tertiary/aromatic N) is 2. The Kier molecular flexibility index (Phi) is 7.43. The molecule has 1 amide bonds. The summed E-state index contributed by atoms with van der Waals surface area (Å²) in [6.07, 6.45) is 3.19. The zero-order valence-corrected chi connectivity index (χ0v) is 22.1. The Balaban J connectivity index is 1.63. The van der Waals surface area contributed by atoms with Crippen molar-refractivity contribution in [3.8, 4) is 0 Å². The summed E-state index contributed by atoms with van der Waals surface area (Å²) in [5.74, 6) is -1.32. The van der Waals surface area contributed by atoms with Crippen molar-refractivity contribution < 1.29 is 32.3 Å². The van der Waals surface area contributed by atoms with Crippen molar-refractivity contribution in [3.05, 3.63) is 59.2 Å². The summed E-state index contributed by atoms with van der Waals surface area (Å²) in [4.78, 5) is 45.0. The molecule has 1 aromatic carbocycles. The summed E-state index contributed by atoms with van der Waals surface area (Å²) in [6, 6.07) is 4.61. The van der Waals surface area contributed by atoms with Gasteiger partial charge in [0.1, 0.15) is 11.4 Å². The first-order valence-electron chi connectivity index (χ1n) is 12.8. The number of rotatable bonds is 5. The summed E-state index contributed by atoms with van der Waals surface area (Å²) in [6.45, 7) is 6.25. The smallest absolute Gasteiger partial charge is 0.416 e. The average molecular weight is 531 g/mol. The van der Waals surface area contributed by atoms with E-state index in [-0.39, 0.29) is 29.0 Å². The van der Waals surface area contributed by atoms with E-state index >= 15 is 0 Å². The van der Waals surface area contributed by atoms with Gasteiger partial charge in [0.05, 0.1) is 25.1 Å². The molecular weight excluding hydrogens is 497 g/mol. The zero-order valence-electron chi connectivity index (χ0n) is 22.1. The number of ketones is 1. The molecule has 1 saturated carbocycles. The Morgan fingerprint density at radius 1 is 1.16 bits per heavy atom. The highest BCUT2D eigenvalue weighted by atomic mass is 19.4. The van der Waals surface area contributed by atoms with Crippen LogP contribution in [0.1, 0.15) is 64.0 Å². The van der Waals surface area contributed by atoms with Gasteiger partial charge in [0.2, 0.25) is 0 Å². The van der Waals surface area contributed by atoms with E-state index in [9.17, 15) is 27.6 Å². The monoisotopic (exact) mass is 530 g/mol. The molecule has 1 spiro atoms. The molecule has 204 valence electrons. The summed E-state index contributed by atoms with van der Waals surface area (Å²) >= 11 is 0. The second-order valence-corrected chi connectivity index (χ2v) is 11.4. The third-order valence-electron chi connectivity index (χ3n) is 7.97. The van der Waals surface area contributed by atoms with Gasteiger partial charge in [-0.25, -0.2) is 0 Å². The molecule has 0 bridgehead atoms. The first-order chi connectivity index (χ1) is 17.7. The van der Waals surface area contributed by atoms with E-state index in [4.69, 9.17) is 9.73 Å². The highest BCUT2D eigenvalue weighted by Gasteiger charge is 2.51. The molecule has 38 heavy (non-hydrogen) atoms. The lowest BCUT2D eigenvalue weighted by atomic mass is 9.69. The molecule has 0 aromatic heterocycles. The fourth-order valence-corrected chi connectivity index (χ4v) is 5.60. The minimum atomic E-state index is -4.56. The molecule has 6 nitrogen and oxygen atoms in total. The maximum absolute atomic E-state index is 13.7. The summed E-state index contributed by atoms with van der Waals surface area (Å²) < 4.78 is 44.9. The van der Waals surface area contributed by atoms with Gasteiger partial charge in [-0.15, -0.1) is 0 Å². The first-order valence-corrected chi connectivity index (χ1v) is 12.8. The Labute approximate surface area is 220 Å². The van der Waals surface area contributed by atoms with Crippen LogP contribution < -0.4 is 0 Å². The van der Waals surface area contributed by atoms with Gasteiger partial charge in [0.15, 0.2) is 5.78 Å². The third kappa shape index (κ3) is 5.47. The van der Waals surface area contributed by atoms with E-state index in [0.29, 0.717) is 30.8 Å². The molecule has 1 aromatic rings. The van der Waals surface area contributed by atoms with Crippen LogP contribution >= 0.6 is 0 Å². The number of amides is 1. The second-order valence-electron chi connectivity index (χ2n) is 11.4. The van der Waals surface area contributed by atoms with Crippen LogP contribution in [0.25, 0.3) is 0 Å². The SMILES string of the molecule is COC(=O)C1C=CC(C(=O)CN2C(=O)C(c3cccc(C(F)(F)F)c3)=NC23CCC(C(C)(C)C)CC3)=CC1. The molecule has 1 heterocycles. The topological polar surface area (TPSA) is 76.0 Å². The lowest BCUT2D eigenvalue weighted by molar-refractivity contribution is -0.143. The van der Waals surface area contributed by atoms with Crippen molar-refractivity contribution in [2.45, 2.75) is 64.7 Å². The van der Waals surface area contributed by atoms with Crippen molar-refractivity contribution in [3.63, 3.8) is 0 Å². The molecule has 0 saturated heterocycles. The van der Waals surface area contributed by atoms with E-state index in [1.165, 1.54) is 24.1 Å². The molecule has 9 heteroatoms. The zero-order chi connectivity index (χ0) is 27.9. The number of benzene rings is 1. The van der Waals surface area contributed by atoms with Crippen molar-refractivity contribution in [1.82, 2.24) is 4.90 Å².